The third-order valence-electron chi connectivity index (χ3n) is 6.72. The highest BCUT2D eigenvalue weighted by atomic mass is 16.5. The lowest BCUT2D eigenvalue weighted by Gasteiger charge is -2.49. The lowest BCUT2D eigenvalue weighted by molar-refractivity contribution is 0.0824. The lowest BCUT2D eigenvalue weighted by atomic mass is 9.55. The number of rotatable bonds is 3. The third kappa shape index (κ3) is 2.28. The van der Waals surface area contributed by atoms with Crippen molar-refractivity contribution in [1.82, 2.24) is 0 Å². The maximum Gasteiger partial charge on any atom is 0.252 e. The fourth-order valence-electron chi connectivity index (χ4n) is 5.55. The molecule has 1 aromatic rings. The topological polar surface area (TPSA) is 52.3 Å². The molecule has 0 radical (unpaired) electrons. The van der Waals surface area contributed by atoms with Gasteiger partial charge in [-0.25, -0.2) is 0 Å². The second-order valence-electron chi connectivity index (χ2n) is 7.94. The molecule has 24 heavy (non-hydrogen) atoms. The van der Waals surface area contributed by atoms with E-state index in [1.165, 1.54) is 36.8 Å². The fourth-order valence-corrected chi connectivity index (χ4v) is 5.55. The van der Waals surface area contributed by atoms with Crippen LogP contribution >= 0.6 is 0 Å². The Labute approximate surface area is 144 Å². The fraction of sp³-hybridized carbons (Fsp3) is 0.571. The molecule has 4 unspecified atom stereocenters. The number of benzene rings is 1. The van der Waals surface area contributed by atoms with E-state index in [-0.39, 0.29) is 5.91 Å². The van der Waals surface area contributed by atoms with Crippen LogP contribution in [0, 0.1) is 17.3 Å². The van der Waals surface area contributed by atoms with Gasteiger partial charge in [-0.1, -0.05) is 19.1 Å². The van der Waals surface area contributed by atoms with Gasteiger partial charge in [0.15, 0.2) is 0 Å². The van der Waals surface area contributed by atoms with Crippen molar-refractivity contribution in [2.75, 3.05) is 6.61 Å². The summed E-state index contributed by atoms with van der Waals surface area (Å²) in [7, 11) is 0. The normalized spacial score (nSPS) is 33.5. The molecule has 1 aromatic carbocycles. The number of aryl methyl sites for hydroxylation is 1. The van der Waals surface area contributed by atoms with E-state index in [4.69, 9.17) is 10.5 Å². The first-order valence-electron chi connectivity index (χ1n) is 9.30. The Kier molecular flexibility index (Phi) is 3.70. The molecule has 4 atom stereocenters. The lowest BCUT2D eigenvalue weighted by Crippen LogP contribution is -2.39. The van der Waals surface area contributed by atoms with Crippen molar-refractivity contribution in [3.8, 4) is 5.75 Å². The largest absolute Gasteiger partial charge is 0.493 e. The van der Waals surface area contributed by atoms with Crippen LogP contribution in [0.4, 0.5) is 0 Å². The summed E-state index contributed by atoms with van der Waals surface area (Å²) in [5, 5.41) is 0. The summed E-state index contributed by atoms with van der Waals surface area (Å²) in [6, 6.07) is 4.13. The van der Waals surface area contributed by atoms with E-state index in [0.29, 0.717) is 29.3 Å². The molecule has 1 amide bonds. The van der Waals surface area contributed by atoms with Gasteiger partial charge in [-0.2, -0.15) is 0 Å². The van der Waals surface area contributed by atoms with Crippen molar-refractivity contribution >= 4 is 5.91 Å². The highest BCUT2D eigenvalue weighted by Crippen LogP contribution is 2.58. The minimum atomic E-state index is -0.389. The average molecular weight is 325 g/mol. The Balaban J connectivity index is 1.74. The van der Waals surface area contributed by atoms with Crippen LogP contribution in [0.5, 0.6) is 5.75 Å². The van der Waals surface area contributed by atoms with E-state index in [2.05, 4.69) is 25.1 Å². The van der Waals surface area contributed by atoms with E-state index in [1.54, 1.807) is 0 Å². The molecule has 3 heteroatoms. The number of hydrogen-bond donors (Lipinski definition) is 1. The van der Waals surface area contributed by atoms with Gasteiger partial charge < -0.3 is 10.5 Å². The molecule has 3 aliphatic rings. The van der Waals surface area contributed by atoms with Crippen molar-refractivity contribution < 1.29 is 9.53 Å². The maximum absolute atomic E-state index is 11.8. The predicted octanol–water partition coefficient (Wildman–Crippen LogP) is 4.21. The van der Waals surface area contributed by atoms with Gasteiger partial charge in [0.2, 0.25) is 0 Å². The van der Waals surface area contributed by atoms with E-state index >= 15 is 0 Å². The van der Waals surface area contributed by atoms with Gasteiger partial charge in [-0.3, -0.25) is 4.79 Å². The Bertz CT molecular complexity index is 708. The number of allylic oxidation sites excluding steroid dienone is 2. The molecule has 0 bridgehead atoms. The van der Waals surface area contributed by atoms with E-state index in [0.717, 1.165) is 18.3 Å². The van der Waals surface area contributed by atoms with E-state index < -0.39 is 0 Å². The number of carbonyl (C=O) groups excluding carboxylic acids is 1. The quantitative estimate of drug-likeness (QED) is 0.847. The molecule has 0 spiro atoms. The molecule has 4 rings (SSSR count). The summed E-state index contributed by atoms with van der Waals surface area (Å²) < 4.78 is 5.74. The number of ether oxygens (including phenoxy) is 1. The van der Waals surface area contributed by atoms with Crippen LogP contribution < -0.4 is 10.5 Å². The van der Waals surface area contributed by atoms with Gasteiger partial charge in [0, 0.05) is 0 Å². The number of primary amides is 1. The van der Waals surface area contributed by atoms with Crippen LogP contribution in [0.15, 0.2) is 24.3 Å². The molecule has 1 fully saturated rings. The van der Waals surface area contributed by atoms with Gasteiger partial charge in [0.1, 0.15) is 5.75 Å². The Morgan fingerprint density at radius 1 is 1.38 bits per heavy atom. The van der Waals surface area contributed by atoms with Crippen molar-refractivity contribution in [3.63, 3.8) is 0 Å². The molecule has 3 nitrogen and oxygen atoms in total. The van der Waals surface area contributed by atoms with Crippen LogP contribution in [-0.4, -0.2) is 12.5 Å². The highest BCUT2D eigenvalue weighted by molar-refractivity contribution is 5.96. The Morgan fingerprint density at radius 3 is 2.96 bits per heavy atom. The predicted molar refractivity (Wildman–Crippen MR) is 95.3 cm³/mol. The van der Waals surface area contributed by atoms with Crippen LogP contribution in [0.3, 0.4) is 0 Å². The van der Waals surface area contributed by atoms with Crippen molar-refractivity contribution in [2.45, 2.75) is 51.9 Å². The molecular formula is C21H27NO2. The van der Waals surface area contributed by atoms with Crippen LogP contribution in [0.25, 0.3) is 0 Å². The molecule has 3 aliphatic carbocycles. The zero-order chi connectivity index (χ0) is 16.9. The number of hydrogen-bond acceptors (Lipinski definition) is 2. The number of amides is 1. The molecule has 0 saturated heterocycles. The summed E-state index contributed by atoms with van der Waals surface area (Å²) >= 11 is 0. The van der Waals surface area contributed by atoms with E-state index in [9.17, 15) is 4.79 Å². The van der Waals surface area contributed by atoms with Gasteiger partial charge >= 0.3 is 0 Å². The number of nitrogens with two attached hydrogens (primary N) is 1. The summed E-state index contributed by atoms with van der Waals surface area (Å²) in [4.78, 5) is 11.8. The Hall–Kier alpha value is -1.77. The van der Waals surface area contributed by atoms with Crippen LogP contribution in [-0.2, 0) is 6.42 Å². The summed E-state index contributed by atoms with van der Waals surface area (Å²) in [5.41, 5.74) is 9.23. The van der Waals surface area contributed by atoms with Gasteiger partial charge in [0.05, 0.1) is 12.2 Å². The second-order valence-corrected chi connectivity index (χ2v) is 7.94. The summed E-state index contributed by atoms with van der Waals surface area (Å²) in [6.07, 6.45) is 10.9. The number of carbonyl (C=O) groups is 1. The minimum absolute atomic E-state index is 0.389. The monoisotopic (exact) mass is 325 g/mol. The molecule has 1 saturated carbocycles. The van der Waals surface area contributed by atoms with Gasteiger partial charge in [-0.15, -0.1) is 0 Å². The Morgan fingerprint density at radius 2 is 2.21 bits per heavy atom. The second kappa shape index (κ2) is 5.65. The average Bonchev–Trinajstić information content (AvgIpc) is 2.96. The zero-order valence-corrected chi connectivity index (χ0v) is 14.7. The van der Waals surface area contributed by atoms with Crippen molar-refractivity contribution in [2.24, 2.45) is 23.0 Å². The molecular weight excluding hydrogens is 298 g/mol. The zero-order valence-electron chi connectivity index (χ0n) is 14.7. The molecule has 0 heterocycles. The molecule has 128 valence electrons. The first-order chi connectivity index (χ1) is 11.5. The molecule has 0 aromatic heterocycles. The molecule has 0 aliphatic heterocycles. The molecule has 2 N–H and O–H groups in total. The highest BCUT2D eigenvalue weighted by Gasteiger charge is 2.48. The first kappa shape index (κ1) is 15.7. The standard InChI is InChI=1S/C21H27NO2/c1-3-24-19-12-16-13(11-17(19)20(22)23)6-7-15-14(16)8-10-21(2)9-4-5-18(15)21/h4,9,11-12,14-15,18H,3,5-8,10H2,1-2H3,(H2,22,23). The van der Waals surface area contributed by atoms with Gasteiger partial charge in [0.25, 0.3) is 5.91 Å². The van der Waals surface area contributed by atoms with E-state index in [1.807, 2.05) is 13.0 Å². The third-order valence-corrected chi connectivity index (χ3v) is 6.72. The SMILES string of the molecule is CCOc1cc2c(cc1C(N)=O)CCC1C2CCC2(C)C=CCC12. The van der Waals surface area contributed by atoms with Gasteiger partial charge in [-0.05, 0) is 85.5 Å². The smallest absolute Gasteiger partial charge is 0.252 e. The maximum atomic E-state index is 11.8. The van der Waals surface area contributed by atoms with Crippen LogP contribution in [0.1, 0.15) is 66.9 Å². The van der Waals surface area contributed by atoms with Crippen LogP contribution in [0.2, 0.25) is 0 Å². The minimum Gasteiger partial charge on any atom is -0.493 e. The first-order valence-corrected chi connectivity index (χ1v) is 9.30. The van der Waals surface area contributed by atoms with Crippen molar-refractivity contribution in [1.29, 1.82) is 0 Å². The summed E-state index contributed by atoms with van der Waals surface area (Å²) in [5.74, 6) is 2.41. The number of fused-ring (bicyclic) bond motifs is 5. The summed E-state index contributed by atoms with van der Waals surface area (Å²) in [6.45, 7) is 4.94. The van der Waals surface area contributed by atoms with Crippen molar-refractivity contribution in [3.05, 3.63) is 41.0 Å².